The maximum Gasteiger partial charge on any atom is 0.264 e. The third-order valence-electron chi connectivity index (χ3n) is 6.07. The molecule has 0 spiro atoms. The molecule has 0 aliphatic heterocycles. The Labute approximate surface area is 218 Å². The highest BCUT2D eigenvalue weighted by Gasteiger charge is 2.33. The standard InChI is InChI=1S/C28H33N3O5S/c1-4-26(28(33)29-2)30(19-18-22-12-7-5-8-13-22)27(32)21-31(23-14-11-15-24(20-23)36-3)37(34,35)25-16-9-6-10-17-25/h5-17,20,26H,4,18-19,21H2,1-3H3,(H,29,33). The average molecular weight is 524 g/mol. The molecule has 0 fully saturated rings. The first-order chi connectivity index (χ1) is 17.8. The number of carbonyl (C=O) groups is 2. The average Bonchev–Trinajstić information content (AvgIpc) is 2.94. The van der Waals surface area contributed by atoms with Gasteiger partial charge < -0.3 is 15.0 Å². The number of methoxy groups -OCH3 is 1. The van der Waals surface area contributed by atoms with E-state index in [1.54, 1.807) is 42.5 Å². The fourth-order valence-electron chi connectivity index (χ4n) is 4.08. The van der Waals surface area contributed by atoms with Crippen LogP contribution in [-0.2, 0) is 26.0 Å². The third kappa shape index (κ3) is 6.89. The third-order valence-corrected chi connectivity index (χ3v) is 7.86. The number of amides is 2. The number of likely N-dealkylation sites (N-methyl/N-ethyl adjacent to an activating group) is 1. The highest BCUT2D eigenvalue weighted by Crippen LogP contribution is 2.27. The highest BCUT2D eigenvalue weighted by molar-refractivity contribution is 7.92. The van der Waals surface area contributed by atoms with Gasteiger partial charge in [0.1, 0.15) is 18.3 Å². The maximum atomic E-state index is 13.8. The van der Waals surface area contributed by atoms with Gasteiger partial charge in [0, 0.05) is 19.7 Å². The molecule has 2 amide bonds. The fourth-order valence-corrected chi connectivity index (χ4v) is 5.50. The van der Waals surface area contributed by atoms with Gasteiger partial charge in [0.25, 0.3) is 10.0 Å². The van der Waals surface area contributed by atoms with Gasteiger partial charge in [-0.15, -0.1) is 0 Å². The molecule has 0 saturated carbocycles. The van der Waals surface area contributed by atoms with Crippen LogP contribution in [0.2, 0.25) is 0 Å². The Bertz CT molecular complexity index is 1280. The number of benzene rings is 3. The van der Waals surface area contributed by atoms with Crippen LogP contribution < -0.4 is 14.4 Å². The lowest BCUT2D eigenvalue weighted by atomic mass is 10.1. The summed E-state index contributed by atoms with van der Waals surface area (Å²) in [6.07, 6.45) is 0.898. The number of hydrogen-bond acceptors (Lipinski definition) is 5. The number of nitrogens with one attached hydrogen (secondary N) is 1. The molecule has 1 unspecified atom stereocenters. The van der Waals surface area contributed by atoms with E-state index in [9.17, 15) is 18.0 Å². The molecular formula is C28H33N3O5S. The smallest absolute Gasteiger partial charge is 0.264 e. The highest BCUT2D eigenvalue weighted by atomic mass is 32.2. The number of ether oxygens (including phenoxy) is 1. The first-order valence-electron chi connectivity index (χ1n) is 12.1. The van der Waals surface area contributed by atoms with Gasteiger partial charge >= 0.3 is 0 Å². The van der Waals surface area contributed by atoms with E-state index in [1.807, 2.05) is 37.3 Å². The van der Waals surface area contributed by atoms with Crippen molar-refractivity contribution in [2.24, 2.45) is 0 Å². The van der Waals surface area contributed by atoms with Crippen molar-refractivity contribution >= 4 is 27.5 Å². The van der Waals surface area contributed by atoms with Crippen molar-refractivity contribution in [1.29, 1.82) is 0 Å². The minimum atomic E-state index is -4.10. The van der Waals surface area contributed by atoms with Gasteiger partial charge in [-0.05, 0) is 42.7 Å². The van der Waals surface area contributed by atoms with Crippen molar-refractivity contribution in [3.63, 3.8) is 0 Å². The summed E-state index contributed by atoms with van der Waals surface area (Å²) >= 11 is 0. The minimum Gasteiger partial charge on any atom is -0.497 e. The van der Waals surface area contributed by atoms with Crippen LogP contribution in [0.4, 0.5) is 5.69 Å². The molecule has 0 aliphatic rings. The molecule has 37 heavy (non-hydrogen) atoms. The Hall–Kier alpha value is -3.85. The van der Waals surface area contributed by atoms with Gasteiger partial charge in [0.2, 0.25) is 11.8 Å². The van der Waals surface area contributed by atoms with Crippen LogP contribution in [0.15, 0.2) is 89.8 Å². The van der Waals surface area contributed by atoms with Gasteiger partial charge in [0.05, 0.1) is 17.7 Å². The van der Waals surface area contributed by atoms with E-state index in [-0.39, 0.29) is 23.0 Å². The zero-order valence-corrected chi connectivity index (χ0v) is 22.1. The van der Waals surface area contributed by atoms with E-state index in [4.69, 9.17) is 4.74 Å². The van der Waals surface area contributed by atoms with Crippen LogP contribution in [0.25, 0.3) is 0 Å². The molecule has 3 aromatic carbocycles. The van der Waals surface area contributed by atoms with Gasteiger partial charge in [-0.2, -0.15) is 0 Å². The Morgan fingerprint density at radius 1 is 0.946 bits per heavy atom. The molecular weight excluding hydrogens is 490 g/mol. The van der Waals surface area contributed by atoms with Crippen molar-refractivity contribution in [2.45, 2.75) is 30.7 Å². The molecule has 3 rings (SSSR count). The van der Waals surface area contributed by atoms with Crippen molar-refractivity contribution in [3.8, 4) is 5.75 Å². The van der Waals surface area contributed by atoms with Crippen LogP contribution in [-0.4, -0.2) is 58.4 Å². The Morgan fingerprint density at radius 3 is 2.19 bits per heavy atom. The van der Waals surface area contributed by atoms with Crippen molar-refractivity contribution in [1.82, 2.24) is 10.2 Å². The maximum absolute atomic E-state index is 13.8. The number of rotatable bonds is 12. The largest absolute Gasteiger partial charge is 0.497 e. The van der Waals surface area contributed by atoms with Gasteiger partial charge in [-0.3, -0.25) is 13.9 Å². The van der Waals surface area contributed by atoms with Crippen LogP contribution in [0.5, 0.6) is 5.75 Å². The molecule has 1 N–H and O–H groups in total. The van der Waals surface area contributed by atoms with E-state index in [1.165, 1.54) is 31.2 Å². The first-order valence-corrected chi connectivity index (χ1v) is 13.5. The zero-order chi connectivity index (χ0) is 26.8. The van der Waals surface area contributed by atoms with E-state index >= 15 is 0 Å². The lowest BCUT2D eigenvalue weighted by molar-refractivity contribution is -0.139. The molecule has 0 heterocycles. The van der Waals surface area contributed by atoms with E-state index < -0.39 is 28.5 Å². The summed E-state index contributed by atoms with van der Waals surface area (Å²) in [6, 6.07) is 23.4. The van der Waals surface area contributed by atoms with Crippen LogP contribution in [0, 0.1) is 0 Å². The van der Waals surface area contributed by atoms with Gasteiger partial charge in [0.15, 0.2) is 0 Å². The number of carbonyl (C=O) groups excluding carboxylic acids is 2. The summed E-state index contributed by atoms with van der Waals surface area (Å²) in [7, 11) is -1.10. The van der Waals surface area contributed by atoms with Crippen molar-refractivity contribution in [2.75, 3.05) is 31.6 Å². The van der Waals surface area contributed by atoms with E-state index in [0.717, 1.165) is 9.87 Å². The lowest BCUT2D eigenvalue weighted by Gasteiger charge is -2.33. The van der Waals surface area contributed by atoms with Crippen molar-refractivity contribution < 1.29 is 22.7 Å². The second kappa shape index (κ2) is 12.9. The monoisotopic (exact) mass is 523 g/mol. The molecule has 0 saturated heterocycles. The zero-order valence-electron chi connectivity index (χ0n) is 21.3. The molecule has 0 aromatic heterocycles. The predicted octanol–water partition coefficient (Wildman–Crippen LogP) is 3.49. The molecule has 3 aromatic rings. The molecule has 0 aliphatic carbocycles. The molecule has 196 valence electrons. The molecule has 0 radical (unpaired) electrons. The van der Waals surface area contributed by atoms with Crippen LogP contribution >= 0.6 is 0 Å². The SMILES string of the molecule is CCC(C(=O)NC)N(CCc1ccccc1)C(=O)CN(c1cccc(OC)c1)S(=O)(=O)c1ccccc1. The summed E-state index contributed by atoms with van der Waals surface area (Å²) < 4.78 is 33.8. The summed E-state index contributed by atoms with van der Waals surface area (Å²) in [5, 5.41) is 2.62. The Balaban J connectivity index is 2.01. The molecule has 1 atom stereocenters. The van der Waals surface area contributed by atoms with E-state index in [0.29, 0.717) is 18.6 Å². The van der Waals surface area contributed by atoms with Crippen molar-refractivity contribution in [3.05, 3.63) is 90.5 Å². The minimum absolute atomic E-state index is 0.0554. The van der Waals surface area contributed by atoms with E-state index in [2.05, 4.69) is 5.32 Å². The Morgan fingerprint density at radius 2 is 1.59 bits per heavy atom. The Kier molecular flexibility index (Phi) is 9.68. The van der Waals surface area contributed by atoms with Gasteiger partial charge in [-0.25, -0.2) is 8.42 Å². The number of hydrogen-bond donors (Lipinski definition) is 1. The predicted molar refractivity (Wildman–Crippen MR) is 144 cm³/mol. The van der Waals surface area contributed by atoms with Crippen LogP contribution in [0.3, 0.4) is 0 Å². The van der Waals surface area contributed by atoms with Crippen LogP contribution in [0.1, 0.15) is 18.9 Å². The molecule has 8 nitrogen and oxygen atoms in total. The van der Waals surface area contributed by atoms with Gasteiger partial charge in [-0.1, -0.05) is 61.5 Å². The second-order valence-corrected chi connectivity index (χ2v) is 10.2. The lowest BCUT2D eigenvalue weighted by Crippen LogP contribution is -2.52. The summed E-state index contributed by atoms with van der Waals surface area (Å²) in [5.41, 5.74) is 1.29. The molecule has 9 heteroatoms. The fraction of sp³-hybridized carbons (Fsp3) is 0.286. The quantitative estimate of drug-likeness (QED) is 0.392. The normalized spacial score (nSPS) is 11.9. The number of nitrogens with zero attached hydrogens (tertiary/aromatic N) is 2. The topological polar surface area (TPSA) is 96.0 Å². The second-order valence-electron chi connectivity index (χ2n) is 8.39. The summed E-state index contributed by atoms with van der Waals surface area (Å²) in [6.45, 7) is 1.60. The first kappa shape index (κ1) is 27.7. The number of anilines is 1. The molecule has 0 bridgehead atoms. The summed E-state index contributed by atoms with van der Waals surface area (Å²) in [4.78, 5) is 28.0. The number of sulfonamides is 1. The summed E-state index contributed by atoms with van der Waals surface area (Å²) in [5.74, 6) is -0.326.